The van der Waals surface area contributed by atoms with Gasteiger partial charge in [-0.2, -0.15) is 0 Å². The van der Waals surface area contributed by atoms with Gasteiger partial charge in [-0.1, -0.05) is 18.2 Å². The first-order valence-electron chi connectivity index (χ1n) is 8.24. The van der Waals surface area contributed by atoms with Crippen LogP contribution in [0.1, 0.15) is 27.8 Å². The number of pyridine rings is 1. The Hall–Kier alpha value is -2.99. The molecule has 0 saturated carbocycles. The van der Waals surface area contributed by atoms with Gasteiger partial charge in [0.25, 0.3) is 0 Å². The van der Waals surface area contributed by atoms with Gasteiger partial charge in [-0.15, -0.1) is 11.3 Å². The number of fused-ring (bicyclic) bond motifs is 3. The van der Waals surface area contributed by atoms with Crippen LogP contribution >= 0.6 is 11.3 Å². The second-order valence-corrected chi connectivity index (χ2v) is 6.79. The zero-order valence-corrected chi connectivity index (χ0v) is 15.2. The molecule has 0 bridgehead atoms. The van der Waals surface area contributed by atoms with Crippen LogP contribution in [0.2, 0.25) is 0 Å². The maximum absolute atomic E-state index is 12.3. The maximum Gasteiger partial charge on any atom is 0.357 e. The zero-order chi connectivity index (χ0) is 18.3. The number of carbonyl (C=O) groups excluding carboxylic acids is 2. The molecule has 6 heteroatoms. The Labute approximate surface area is 153 Å². The number of esters is 1. The van der Waals surface area contributed by atoms with E-state index in [0.29, 0.717) is 11.3 Å². The lowest BCUT2D eigenvalue weighted by Gasteiger charge is -2.07. The number of thiophene rings is 1. The monoisotopic (exact) mass is 364 g/mol. The summed E-state index contributed by atoms with van der Waals surface area (Å²) in [4.78, 5) is 29.2. The lowest BCUT2D eigenvalue weighted by Crippen LogP contribution is -2.08. The van der Waals surface area contributed by atoms with Crippen LogP contribution in [0.4, 0.5) is 0 Å². The fourth-order valence-electron chi connectivity index (χ4n) is 3.25. The fraction of sp³-hybridized carbons (Fsp3) is 0.150. The van der Waals surface area contributed by atoms with Crippen molar-refractivity contribution < 1.29 is 14.3 Å². The number of aromatic nitrogens is 2. The Bertz CT molecular complexity index is 1160. The summed E-state index contributed by atoms with van der Waals surface area (Å²) in [5.41, 5.74) is 3.36. The molecule has 0 saturated heterocycles. The number of aryl methyl sites for hydroxylation is 1. The number of para-hydroxylation sites is 1. The summed E-state index contributed by atoms with van der Waals surface area (Å²) < 4.78 is 7.18. The number of hydrogen-bond donors (Lipinski definition) is 0. The van der Waals surface area contributed by atoms with Gasteiger partial charge in [0.05, 0.1) is 22.7 Å². The van der Waals surface area contributed by atoms with E-state index in [2.05, 4.69) is 4.98 Å². The Kier molecular flexibility index (Phi) is 4.05. The van der Waals surface area contributed by atoms with Crippen molar-refractivity contribution in [2.75, 3.05) is 6.61 Å². The summed E-state index contributed by atoms with van der Waals surface area (Å²) in [6, 6.07) is 11.5. The van der Waals surface area contributed by atoms with Crippen LogP contribution in [-0.4, -0.2) is 28.4 Å². The van der Waals surface area contributed by atoms with Gasteiger partial charge < -0.3 is 9.30 Å². The normalized spacial score (nSPS) is 11.2. The van der Waals surface area contributed by atoms with E-state index in [0.717, 1.165) is 33.0 Å². The molecule has 1 aromatic carbocycles. The van der Waals surface area contributed by atoms with Gasteiger partial charge >= 0.3 is 5.97 Å². The Morgan fingerprint density at radius 3 is 2.85 bits per heavy atom. The van der Waals surface area contributed by atoms with Gasteiger partial charge in [0.2, 0.25) is 0 Å². The fourth-order valence-corrected chi connectivity index (χ4v) is 4.11. The molecule has 0 unspecified atom stereocenters. The van der Waals surface area contributed by atoms with Crippen molar-refractivity contribution in [1.29, 1.82) is 0 Å². The Morgan fingerprint density at radius 2 is 2.08 bits per heavy atom. The van der Waals surface area contributed by atoms with E-state index >= 15 is 0 Å². The van der Waals surface area contributed by atoms with E-state index in [9.17, 15) is 9.59 Å². The molecule has 0 spiro atoms. The Morgan fingerprint density at radius 1 is 1.27 bits per heavy atom. The SMILES string of the molecule is CCOC(=O)c1cc2c(c(-c3sccc3C=O)n1)c1ccccc1n2C. The van der Waals surface area contributed by atoms with Crippen molar-refractivity contribution in [2.45, 2.75) is 6.92 Å². The van der Waals surface area contributed by atoms with Gasteiger partial charge in [-0.25, -0.2) is 9.78 Å². The summed E-state index contributed by atoms with van der Waals surface area (Å²) in [7, 11) is 1.96. The van der Waals surface area contributed by atoms with E-state index in [4.69, 9.17) is 4.74 Å². The van der Waals surface area contributed by atoms with E-state index in [1.54, 1.807) is 19.1 Å². The molecule has 26 heavy (non-hydrogen) atoms. The molecule has 0 N–H and O–H groups in total. The van der Waals surface area contributed by atoms with Crippen LogP contribution in [0.15, 0.2) is 41.8 Å². The minimum absolute atomic E-state index is 0.241. The number of rotatable bonds is 4. The highest BCUT2D eigenvalue weighted by Crippen LogP contribution is 2.38. The predicted octanol–water partition coefficient (Wildman–Crippen LogP) is 4.44. The molecule has 0 fully saturated rings. The molecule has 5 nitrogen and oxygen atoms in total. The van der Waals surface area contributed by atoms with Crippen molar-refractivity contribution >= 4 is 45.4 Å². The summed E-state index contributed by atoms with van der Waals surface area (Å²) in [5.74, 6) is -0.467. The molecular formula is C20H16N2O3S. The van der Waals surface area contributed by atoms with Crippen LogP contribution in [0.5, 0.6) is 0 Å². The van der Waals surface area contributed by atoms with Gasteiger partial charge in [-0.05, 0) is 30.5 Å². The zero-order valence-electron chi connectivity index (χ0n) is 14.4. The predicted molar refractivity (Wildman–Crippen MR) is 103 cm³/mol. The largest absolute Gasteiger partial charge is 0.461 e. The van der Waals surface area contributed by atoms with Crippen LogP contribution in [0.25, 0.3) is 32.4 Å². The molecule has 130 valence electrons. The van der Waals surface area contributed by atoms with Crippen LogP contribution in [0, 0.1) is 0 Å². The van der Waals surface area contributed by atoms with E-state index in [1.165, 1.54) is 11.3 Å². The van der Waals surface area contributed by atoms with Gasteiger partial charge in [-0.3, -0.25) is 4.79 Å². The minimum atomic E-state index is -0.467. The van der Waals surface area contributed by atoms with Gasteiger partial charge in [0.15, 0.2) is 12.0 Å². The first kappa shape index (κ1) is 16.5. The standard InChI is InChI=1S/C20H16N2O3S/c1-3-25-20(24)14-10-16-17(13-6-4-5-7-15(13)22(16)2)18(21-14)19-12(11-23)8-9-26-19/h4-11H,3H2,1-2H3. The third kappa shape index (κ3) is 2.42. The van der Waals surface area contributed by atoms with E-state index < -0.39 is 5.97 Å². The molecule has 3 aromatic heterocycles. The first-order chi connectivity index (χ1) is 12.7. The second-order valence-electron chi connectivity index (χ2n) is 5.87. The van der Waals surface area contributed by atoms with E-state index in [1.807, 2.05) is 41.3 Å². The van der Waals surface area contributed by atoms with Gasteiger partial charge in [0.1, 0.15) is 0 Å². The number of carbonyl (C=O) groups is 2. The highest BCUT2D eigenvalue weighted by Gasteiger charge is 2.21. The van der Waals surface area contributed by atoms with Crippen LogP contribution in [0.3, 0.4) is 0 Å². The van der Waals surface area contributed by atoms with Crippen molar-refractivity contribution in [3.05, 3.63) is 53.0 Å². The van der Waals surface area contributed by atoms with E-state index in [-0.39, 0.29) is 12.3 Å². The molecule has 4 aromatic rings. The third-order valence-electron chi connectivity index (χ3n) is 4.42. The van der Waals surface area contributed by atoms with Crippen LogP contribution < -0.4 is 0 Å². The topological polar surface area (TPSA) is 61.2 Å². The Balaban J connectivity index is 2.14. The number of ether oxygens (including phenoxy) is 1. The third-order valence-corrected chi connectivity index (χ3v) is 5.35. The van der Waals surface area contributed by atoms with Crippen molar-refractivity contribution in [2.24, 2.45) is 7.05 Å². The molecule has 0 aliphatic carbocycles. The average molecular weight is 364 g/mol. The number of benzene rings is 1. The maximum atomic E-state index is 12.3. The van der Waals surface area contributed by atoms with Crippen LogP contribution in [-0.2, 0) is 11.8 Å². The number of aldehydes is 1. The summed E-state index contributed by atoms with van der Waals surface area (Å²) in [6.07, 6.45) is 0.821. The molecule has 4 rings (SSSR count). The highest BCUT2D eigenvalue weighted by molar-refractivity contribution is 7.14. The van der Waals surface area contributed by atoms with Gasteiger partial charge in [0, 0.05) is 28.9 Å². The summed E-state index contributed by atoms with van der Waals surface area (Å²) in [6.45, 7) is 2.04. The van der Waals surface area contributed by atoms with Crippen molar-refractivity contribution in [1.82, 2.24) is 9.55 Å². The summed E-state index contributed by atoms with van der Waals surface area (Å²) >= 11 is 1.44. The molecule has 0 radical (unpaired) electrons. The first-order valence-corrected chi connectivity index (χ1v) is 9.12. The molecule has 0 amide bonds. The number of nitrogens with zero attached hydrogens (tertiary/aromatic N) is 2. The second kappa shape index (κ2) is 6.38. The van der Waals surface area contributed by atoms with Crippen molar-refractivity contribution in [3.63, 3.8) is 0 Å². The lowest BCUT2D eigenvalue weighted by molar-refractivity contribution is 0.0519. The molecule has 3 heterocycles. The summed E-state index contributed by atoms with van der Waals surface area (Å²) in [5, 5.41) is 3.82. The number of hydrogen-bond acceptors (Lipinski definition) is 5. The molecule has 0 aliphatic heterocycles. The molecule has 0 atom stereocenters. The minimum Gasteiger partial charge on any atom is -0.461 e. The molecule has 0 aliphatic rings. The average Bonchev–Trinajstić information content (AvgIpc) is 3.25. The van der Waals surface area contributed by atoms with Crippen molar-refractivity contribution in [3.8, 4) is 10.6 Å². The quantitative estimate of drug-likeness (QED) is 0.397. The lowest BCUT2D eigenvalue weighted by atomic mass is 10.1. The highest BCUT2D eigenvalue weighted by atomic mass is 32.1. The smallest absolute Gasteiger partial charge is 0.357 e. The molecular weight excluding hydrogens is 348 g/mol.